The monoisotopic (exact) mass is 382 g/mol. The minimum atomic E-state index is -0.357. The summed E-state index contributed by atoms with van der Waals surface area (Å²) in [5, 5.41) is 4.45. The Morgan fingerprint density at radius 2 is 1.75 bits per heavy atom. The van der Waals surface area contributed by atoms with E-state index < -0.39 is 0 Å². The highest BCUT2D eigenvalue weighted by atomic mass is 19.1. The third-order valence-corrected chi connectivity index (χ3v) is 5.32. The molecule has 0 radical (unpaired) electrons. The van der Waals surface area contributed by atoms with Gasteiger partial charge in [0.1, 0.15) is 5.82 Å². The number of hydrogen-bond acceptors (Lipinski definition) is 3. The smallest absolute Gasteiger partial charge is 0.274 e. The first-order valence-corrected chi connectivity index (χ1v) is 9.69. The molecule has 146 valence electrons. The van der Waals surface area contributed by atoms with Crippen LogP contribution in [0.5, 0.6) is 0 Å². The number of aryl methyl sites for hydroxylation is 2. The molecule has 0 bridgehead atoms. The van der Waals surface area contributed by atoms with Crippen molar-refractivity contribution in [2.24, 2.45) is 0 Å². The number of rotatable bonds is 3. The van der Waals surface area contributed by atoms with E-state index in [1.54, 1.807) is 28.0 Å². The number of aromatic nitrogens is 2. The second-order valence-corrected chi connectivity index (χ2v) is 7.17. The Labute approximate surface area is 163 Å². The van der Waals surface area contributed by atoms with Crippen LogP contribution in [0.1, 0.15) is 34.6 Å². The predicted octanol–water partition coefficient (Wildman–Crippen LogP) is 2.36. The van der Waals surface area contributed by atoms with Crippen LogP contribution < -0.4 is 0 Å². The number of hydrogen-bond donors (Lipinski definition) is 0. The maximum absolute atomic E-state index is 13.6. The van der Waals surface area contributed by atoms with Crippen molar-refractivity contribution in [1.82, 2.24) is 19.6 Å². The maximum atomic E-state index is 13.6. The highest BCUT2D eigenvalue weighted by molar-refractivity contribution is 5.94. The highest BCUT2D eigenvalue weighted by Gasteiger charge is 2.26. The summed E-state index contributed by atoms with van der Waals surface area (Å²) in [5.74, 6) is -0.603. The van der Waals surface area contributed by atoms with E-state index in [2.05, 4.69) is 5.10 Å². The van der Waals surface area contributed by atoms with Gasteiger partial charge in [-0.2, -0.15) is 5.10 Å². The maximum Gasteiger partial charge on any atom is 0.274 e. The van der Waals surface area contributed by atoms with Crippen LogP contribution in [0, 0.1) is 5.82 Å². The Morgan fingerprint density at radius 1 is 1.00 bits per heavy atom. The molecule has 0 saturated carbocycles. The number of halogens is 1. The molecule has 0 atom stereocenters. The molecular formula is C21H23FN4O2. The number of carbonyl (C=O) groups is 2. The third-order valence-electron chi connectivity index (χ3n) is 5.32. The fourth-order valence-corrected chi connectivity index (χ4v) is 3.69. The van der Waals surface area contributed by atoms with Crippen LogP contribution in [-0.2, 0) is 17.8 Å². The molecule has 0 unspecified atom stereocenters. The molecule has 0 spiro atoms. The van der Waals surface area contributed by atoms with Crippen molar-refractivity contribution in [2.45, 2.75) is 25.8 Å². The second kappa shape index (κ2) is 7.96. The molecule has 1 aromatic heterocycles. The fourth-order valence-electron chi connectivity index (χ4n) is 3.69. The van der Waals surface area contributed by atoms with Gasteiger partial charge in [0.25, 0.3) is 5.91 Å². The topological polar surface area (TPSA) is 58.4 Å². The third kappa shape index (κ3) is 3.83. The van der Waals surface area contributed by atoms with Crippen molar-refractivity contribution in [3.8, 4) is 0 Å². The van der Waals surface area contributed by atoms with E-state index in [1.165, 1.54) is 18.2 Å². The van der Waals surface area contributed by atoms with Gasteiger partial charge in [-0.15, -0.1) is 0 Å². The van der Waals surface area contributed by atoms with E-state index in [-0.39, 0.29) is 17.6 Å². The zero-order chi connectivity index (χ0) is 19.5. The average Bonchev–Trinajstić information content (AvgIpc) is 3.17. The Bertz CT molecular complexity index is 889. The Morgan fingerprint density at radius 3 is 2.50 bits per heavy atom. The van der Waals surface area contributed by atoms with Gasteiger partial charge in [0.15, 0.2) is 5.69 Å². The molecule has 1 saturated heterocycles. The molecule has 0 N–H and O–H groups in total. The van der Waals surface area contributed by atoms with Crippen molar-refractivity contribution in [3.63, 3.8) is 0 Å². The van der Waals surface area contributed by atoms with Gasteiger partial charge in [-0.25, -0.2) is 4.39 Å². The number of carbonyl (C=O) groups excluding carboxylic acids is 2. The van der Waals surface area contributed by atoms with E-state index in [9.17, 15) is 14.0 Å². The lowest BCUT2D eigenvalue weighted by molar-refractivity contribution is -0.127. The van der Waals surface area contributed by atoms with Crippen molar-refractivity contribution < 1.29 is 14.0 Å². The number of fused-ring (bicyclic) bond motifs is 1. The molecule has 1 fully saturated rings. The normalized spacial score (nSPS) is 17.0. The molecule has 3 heterocycles. The quantitative estimate of drug-likeness (QED) is 0.766. The van der Waals surface area contributed by atoms with Gasteiger partial charge in [-0.05, 0) is 37.5 Å². The number of amides is 2. The summed E-state index contributed by atoms with van der Waals surface area (Å²) in [4.78, 5) is 28.5. The number of nitrogens with zero attached hydrogens (tertiary/aromatic N) is 4. The molecule has 6 nitrogen and oxygen atoms in total. The summed E-state index contributed by atoms with van der Waals surface area (Å²) in [6.07, 6.45) is 6.09. The fraction of sp³-hybridized carbons (Fsp3) is 0.381. The van der Waals surface area contributed by atoms with E-state index in [0.717, 1.165) is 31.5 Å². The summed E-state index contributed by atoms with van der Waals surface area (Å²) in [7, 11) is 0. The van der Waals surface area contributed by atoms with Gasteiger partial charge >= 0.3 is 0 Å². The van der Waals surface area contributed by atoms with Gasteiger partial charge in [0.05, 0.1) is 0 Å². The summed E-state index contributed by atoms with van der Waals surface area (Å²) in [5.41, 5.74) is 2.01. The standard InChI is InChI=1S/C21H23FN4O2/c22-18-7-2-1-5-16(18)8-9-20(27)24-11-13-25(14-12-24)21(28)19-15-17-6-3-4-10-26(17)23-19/h1-2,5,7-9,15H,3-4,6,10-14H2/b9-8+. The average molecular weight is 382 g/mol. The first kappa shape index (κ1) is 18.4. The van der Waals surface area contributed by atoms with Gasteiger partial charge in [-0.1, -0.05) is 18.2 Å². The summed E-state index contributed by atoms with van der Waals surface area (Å²) >= 11 is 0. The van der Waals surface area contributed by atoms with Gasteiger partial charge in [-0.3, -0.25) is 14.3 Å². The van der Waals surface area contributed by atoms with Crippen LogP contribution in [0.2, 0.25) is 0 Å². The molecule has 28 heavy (non-hydrogen) atoms. The first-order valence-electron chi connectivity index (χ1n) is 9.69. The van der Waals surface area contributed by atoms with E-state index in [1.807, 2.05) is 10.7 Å². The molecule has 2 aromatic rings. The van der Waals surface area contributed by atoms with Crippen molar-refractivity contribution in [3.05, 3.63) is 59.2 Å². The van der Waals surface area contributed by atoms with Crippen molar-refractivity contribution >= 4 is 17.9 Å². The molecule has 2 aliphatic heterocycles. The molecular weight excluding hydrogens is 359 g/mol. The van der Waals surface area contributed by atoms with Gasteiger partial charge in [0.2, 0.25) is 5.91 Å². The lowest BCUT2D eigenvalue weighted by Crippen LogP contribution is -2.50. The van der Waals surface area contributed by atoms with Crippen LogP contribution in [0.25, 0.3) is 6.08 Å². The molecule has 1 aromatic carbocycles. The summed E-state index contributed by atoms with van der Waals surface area (Å²) in [6, 6.07) is 8.23. The molecule has 7 heteroatoms. The second-order valence-electron chi connectivity index (χ2n) is 7.17. The van der Waals surface area contributed by atoms with Gasteiger partial charge < -0.3 is 9.80 Å². The zero-order valence-electron chi connectivity index (χ0n) is 15.7. The Balaban J connectivity index is 1.34. The number of benzene rings is 1. The van der Waals surface area contributed by atoms with Crippen LogP contribution in [0.15, 0.2) is 36.4 Å². The van der Waals surface area contributed by atoms with Gasteiger partial charge in [0, 0.05) is 50.1 Å². The van der Waals surface area contributed by atoms with E-state index in [4.69, 9.17) is 0 Å². The van der Waals surface area contributed by atoms with Crippen LogP contribution in [0.3, 0.4) is 0 Å². The van der Waals surface area contributed by atoms with E-state index in [0.29, 0.717) is 37.4 Å². The zero-order valence-corrected chi connectivity index (χ0v) is 15.7. The van der Waals surface area contributed by atoms with Crippen molar-refractivity contribution in [1.29, 1.82) is 0 Å². The van der Waals surface area contributed by atoms with Crippen LogP contribution in [0.4, 0.5) is 4.39 Å². The highest BCUT2D eigenvalue weighted by Crippen LogP contribution is 2.17. The Kier molecular flexibility index (Phi) is 5.23. The minimum Gasteiger partial charge on any atom is -0.336 e. The summed E-state index contributed by atoms with van der Waals surface area (Å²) < 4.78 is 15.6. The molecule has 2 amide bonds. The largest absolute Gasteiger partial charge is 0.336 e. The molecule has 2 aliphatic rings. The first-order chi connectivity index (χ1) is 13.6. The molecule has 0 aliphatic carbocycles. The predicted molar refractivity (Wildman–Crippen MR) is 103 cm³/mol. The SMILES string of the molecule is O=C(/C=C/c1ccccc1F)N1CCN(C(=O)c2cc3n(n2)CCCC3)CC1. The Hall–Kier alpha value is -2.96. The van der Waals surface area contributed by atoms with E-state index >= 15 is 0 Å². The lowest BCUT2D eigenvalue weighted by atomic mass is 10.1. The lowest BCUT2D eigenvalue weighted by Gasteiger charge is -2.33. The summed E-state index contributed by atoms with van der Waals surface area (Å²) in [6.45, 7) is 2.74. The van der Waals surface area contributed by atoms with Crippen molar-refractivity contribution in [2.75, 3.05) is 26.2 Å². The van der Waals surface area contributed by atoms with Crippen LogP contribution >= 0.6 is 0 Å². The number of piperazine rings is 1. The molecule has 4 rings (SSSR count). The van der Waals surface area contributed by atoms with Crippen LogP contribution in [-0.4, -0.2) is 57.6 Å². The minimum absolute atomic E-state index is 0.0732.